The third-order valence-corrected chi connectivity index (χ3v) is 5.38. The maximum Gasteiger partial charge on any atom is 0.226 e. The molecule has 0 aromatic heterocycles. The van der Waals surface area contributed by atoms with Crippen LogP contribution in [0.4, 0.5) is 0 Å². The summed E-state index contributed by atoms with van der Waals surface area (Å²) in [5, 5.41) is 17.1. The van der Waals surface area contributed by atoms with Gasteiger partial charge < -0.3 is 15.7 Å². The van der Waals surface area contributed by atoms with Crippen molar-refractivity contribution in [3.8, 4) is 0 Å². The molecule has 0 atom stereocenters. The Bertz CT molecular complexity index is 324. The fourth-order valence-corrected chi connectivity index (χ4v) is 3.97. The van der Waals surface area contributed by atoms with Gasteiger partial charge in [0.15, 0.2) is 0 Å². The summed E-state index contributed by atoms with van der Waals surface area (Å²) in [4.78, 5) is 12.7. The largest absolute Gasteiger partial charge is 0.388 e. The lowest BCUT2D eigenvalue weighted by Crippen LogP contribution is -2.51. The van der Waals surface area contributed by atoms with E-state index in [1.165, 1.54) is 12.8 Å². The number of carbonyl (C=O) groups is 1. The SMILES string of the molecule is CCCC1(C(=O)NCC2(O)CCCCCC2)CCNCC1. The van der Waals surface area contributed by atoms with Gasteiger partial charge in [-0.3, -0.25) is 4.79 Å². The monoisotopic (exact) mass is 296 g/mol. The van der Waals surface area contributed by atoms with Crippen molar-refractivity contribution in [2.75, 3.05) is 19.6 Å². The van der Waals surface area contributed by atoms with E-state index in [4.69, 9.17) is 0 Å². The van der Waals surface area contributed by atoms with Crippen molar-refractivity contribution in [3.63, 3.8) is 0 Å². The zero-order valence-electron chi connectivity index (χ0n) is 13.5. The zero-order chi connectivity index (χ0) is 15.2. The second kappa shape index (κ2) is 7.59. The summed E-state index contributed by atoms with van der Waals surface area (Å²) in [6.45, 7) is 4.44. The second-order valence-corrected chi connectivity index (χ2v) is 7.10. The van der Waals surface area contributed by atoms with Gasteiger partial charge in [-0.15, -0.1) is 0 Å². The van der Waals surface area contributed by atoms with Gasteiger partial charge in [0.25, 0.3) is 0 Å². The van der Waals surface area contributed by atoms with Crippen LogP contribution in [0.1, 0.15) is 71.1 Å². The van der Waals surface area contributed by atoms with Gasteiger partial charge in [0.05, 0.1) is 11.0 Å². The number of aliphatic hydroxyl groups is 1. The van der Waals surface area contributed by atoms with E-state index in [0.717, 1.165) is 64.5 Å². The molecular weight excluding hydrogens is 264 g/mol. The molecule has 2 rings (SSSR count). The smallest absolute Gasteiger partial charge is 0.226 e. The van der Waals surface area contributed by atoms with Gasteiger partial charge in [-0.25, -0.2) is 0 Å². The van der Waals surface area contributed by atoms with E-state index in [0.29, 0.717) is 6.54 Å². The molecule has 0 aromatic carbocycles. The Morgan fingerprint density at radius 1 is 1.10 bits per heavy atom. The number of hydrogen-bond acceptors (Lipinski definition) is 3. The summed E-state index contributed by atoms with van der Waals surface area (Å²) in [6.07, 6.45) is 10.1. The number of nitrogens with one attached hydrogen (secondary N) is 2. The number of piperidine rings is 1. The summed E-state index contributed by atoms with van der Waals surface area (Å²) in [5.41, 5.74) is -0.881. The first-order valence-electron chi connectivity index (χ1n) is 8.82. The molecule has 1 aliphatic heterocycles. The molecule has 1 aliphatic carbocycles. The Morgan fingerprint density at radius 3 is 2.29 bits per heavy atom. The molecule has 3 N–H and O–H groups in total. The lowest BCUT2D eigenvalue weighted by atomic mass is 9.74. The van der Waals surface area contributed by atoms with Crippen molar-refractivity contribution in [1.82, 2.24) is 10.6 Å². The summed E-state index contributed by atoms with van der Waals surface area (Å²) in [7, 11) is 0. The quantitative estimate of drug-likeness (QED) is 0.683. The van der Waals surface area contributed by atoms with Crippen molar-refractivity contribution in [2.24, 2.45) is 5.41 Å². The molecule has 2 fully saturated rings. The van der Waals surface area contributed by atoms with E-state index < -0.39 is 5.60 Å². The third kappa shape index (κ3) is 4.43. The molecule has 0 unspecified atom stereocenters. The van der Waals surface area contributed by atoms with Crippen molar-refractivity contribution in [3.05, 3.63) is 0 Å². The fraction of sp³-hybridized carbons (Fsp3) is 0.941. The van der Waals surface area contributed by atoms with Crippen LogP contribution in [0.3, 0.4) is 0 Å². The molecule has 21 heavy (non-hydrogen) atoms. The molecule has 1 amide bonds. The summed E-state index contributed by atoms with van der Waals surface area (Å²) >= 11 is 0. The van der Waals surface area contributed by atoms with Crippen LogP contribution in [0.5, 0.6) is 0 Å². The first-order chi connectivity index (χ1) is 10.1. The van der Waals surface area contributed by atoms with E-state index in [-0.39, 0.29) is 11.3 Å². The Hall–Kier alpha value is -0.610. The van der Waals surface area contributed by atoms with E-state index in [2.05, 4.69) is 17.6 Å². The van der Waals surface area contributed by atoms with Crippen LogP contribution in [0.25, 0.3) is 0 Å². The Morgan fingerprint density at radius 2 is 1.71 bits per heavy atom. The van der Waals surface area contributed by atoms with E-state index in [1.807, 2.05) is 0 Å². The zero-order valence-corrected chi connectivity index (χ0v) is 13.5. The van der Waals surface area contributed by atoms with Gasteiger partial charge in [-0.05, 0) is 45.2 Å². The van der Waals surface area contributed by atoms with Gasteiger partial charge in [0.1, 0.15) is 0 Å². The Labute approximate surface area is 129 Å². The topological polar surface area (TPSA) is 61.4 Å². The summed E-state index contributed by atoms with van der Waals surface area (Å²) in [6, 6.07) is 0. The number of hydrogen-bond donors (Lipinski definition) is 3. The van der Waals surface area contributed by atoms with E-state index >= 15 is 0 Å². The highest BCUT2D eigenvalue weighted by Crippen LogP contribution is 2.34. The highest BCUT2D eigenvalue weighted by molar-refractivity contribution is 5.82. The molecule has 1 saturated carbocycles. The number of amides is 1. The molecular formula is C17H32N2O2. The molecule has 0 bridgehead atoms. The van der Waals surface area contributed by atoms with Crippen LogP contribution in [-0.2, 0) is 4.79 Å². The first kappa shape index (κ1) is 16.8. The van der Waals surface area contributed by atoms with Crippen molar-refractivity contribution in [2.45, 2.75) is 76.7 Å². The Kier molecular flexibility index (Phi) is 6.06. The number of rotatable bonds is 5. The fourth-order valence-electron chi connectivity index (χ4n) is 3.97. The molecule has 122 valence electrons. The van der Waals surface area contributed by atoms with Crippen LogP contribution < -0.4 is 10.6 Å². The van der Waals surface area contributed by atoms with Gasteiger partial charge >= 0.3 is 0 Å². The Balaban J connectivity index is 1.92. The van der Waals surface area contributed by atoms with Crippen molar-refractivity contribution in [1.29, 1.82) is 0 Å². The highest BCUT2D eigenvalue weighted by atomic mass is 16.3. The maximum absolute atomic E-state index is 12.7. The normalized spacial score (nSPS) is 25.0. The second-order valence-electron chi connectivity index (χ2n) is 7.10. The highest BCUT2D eigenvalue weighted by Gasteiger charge is 2.39. The minimum Gasteiger partial charge on any atom is -0.388 e. The average molecular weight is 296 g/mol. The molecule has 0 radical (unpaired) electrons. The van der Waals surface area contributed by atoms with Gasteiger partial charge in [0, 0.05) is 6.54 Å². The van der Waals surface area contributed by atoms with Crippen LogP contribution in [0.15, 0.2) is 0 Å². The lowest BCUT2D eigenvalue weighted by molar-refractivity contribution is -0.134. The van der Waals surface area contributed by atoms with Crippen LogP contribution >= 0.6 is 0 Å². The van der Waals surface area contributed by atoms with Gasteiger partial charge in [-0.2, -0.15) is 0 Å². The minimum absolute atomic E-state index is 0.170. The van der Waals surface area contributed by atoms with E-state index in [9.17, 15) is 9.90 Å². The molecule has 0 spiro atoms. The molecule has 2 aliphatic rings. The molecule has 1 saturated heterocycles. The van der Waals surface area contributed by atoms with E-state index in [1.54, 1.807) is 0 Å². The number of carbonyl (C=O) groups excluding carboxylic acids is 1. The molecule has 4 heteroatoms. The maximum atomic E-state index is 12.7. The minimum atomic E-state index is -0.674. The standard InChI is InChI=1S/C17H32N2O2/c1-2-7-16(10-12-18-13-11-16)15(20)19-14-17(21)8-5-3-4-6-9-17/h18,21H,2-14H2,1H3,(H,19,20). The predicted octanol–water partition coefficient (Wildman–Crippen LogP) is 2.36. The van der Waals surface area contributed by atoms with Crippen molar-refractivity contribution < 1.29 is 9.90 Å². The first-order valence-corrected chi connectivity index (χ1v) is 8.82. The van der Waals surface area contributed by atoms with Gasteiger partial charge in [0.2, 0.25) is 5.91 Å². The third-order valence-electron chi connectivity index (χ3n) is 5.38. The lowest BCUT2D eigenvalue weighted by Gasteiger charge is -2.37. The van der Waals surface area contributed by atoms with Crippen LogP contribution in [0, 0.1) is 5.41 Å². The summed E-state index contributed by atoms with van der Waals surface area (Å²) in [5.74, 6) is 0.170. The average Bonchev–Trinajstić information content (AvgIpc) is 2.71. The molecule has 1 heterocycles. The van der Waals surface area contributed by atoms with Crippen LogP contribution in [0.2, 0.25) is 0 Å². The summed E-state index contributed by atoms with van der Waals surface area (Å²) < 4.78 is 0. The van der Waals surface area contributed by atoms with Gasteiger partial charge in [-0.1, -0.05) is 39.0 Å². The van der Waals surface area contributed by atoms with Crippen molar-refractivity contribution >= 4 is 5.91 Å². The predicted molar refractivity (Wildman–Crippen MR) is 85.1 cm³/mol. The molecule has 4 nitrogen and oxygen atoms in total. The molecule has 0 aromatic rings. The van der Waals surface area contributed by atoms with Crippen LogP contribution in [-0.4, -0.2) is 36.2 Å².